The molecule has 0 atom stereocenters. The standard InChI is InChI=1S/C15H18N2O2/c1-11(18)10-17-13-5-3-2-4-12(13)15(14(17)19)6-8-16-9-7-15/h2-5,16H,6-10H2,1H3. The van der Waals surface area contributed by atoms with Crippen LogP contribution in [0.25, 0.3) is 0 Å². The molecule has 100 valence electrons. The molecule has 0 radical (unpaired) electrons. The first-order valence-electron chi connectivity index (χ1n) is 6.77. The number of ketones is 1. The van der Waals surface area contributed by atoms with Crippen LogP contribution in [0.15, 0.2) is 24.3 Å². The van der Waals surface area contributed by atoms with Crippen LogP contribution >= 0.6 is 0 Å². The van der Waals surface area contributed by atoms with Crippen molar-refractivity contribution in [3.8, 4) is 0 Å². The number of hydrogen-bond donors (Lipinski definition) is 1. The van der Waals surface area contributed by atoms with Crippen molar-refractivity contribution < 1.29 is 9.59 Å². The molecule has 1 spiro atoms. The highest BCUT2D eigenvalue weighted by molar-refractivity contribution is 6.10. The summed E-state index contributed by atoms with van der Waals surface area (Å²) in [5.74, 6) is 0.125. The van der Waals surface area contributed by atoms with Crippen LogP contribution in [0.5, 0.6) is 0 Å². The molecule has 1 aromatic rings. The van der Waals surface area contributed by atoms with Crippen LogP contribution < -0.4 is 10.2 Å². The molecule has 3 rings (SSSR count). The predicted molar refractivity (Wildman–Crippen MR) is 73.3 cm³/mol. The Labute approximate surface area is 112 Å². The lowest BCUT2D eigenvalue weighted by molar-refractivity contribution is -0.126. The number of rotatable bonds is 2. The van der Waals surface area contributed by atoms with Crippen LogP contribution in [0.3, 0.4) is 0 Å². The SMILES string of the molecule is CC(=O)CN1C(=O)C2(CCNCC2)c2ccccc21. The molecule has 1 N–H and O–H groups in total. The van der Waals surface area contributed by atoms with E-state index in [0.717, 1.165) is 37.2 Å². The van der Waals surface area contributed by atoms with Gasteiger partial charge in [-0.25, -0.2) is 0 Å². The van der Waals surface area contributed by atoms with Gasteiger partial charge in [0.15, 0.2) is 0 Å². The predicted octanol–water partition coefficient (Wildman–Crippen LogP) is 1.24. The lowest BCUT2D eigenvalue weighted by Gasteiger charge is -2.32. The number of anilines is 1. The average molecular weight is 258 g/mol. The topological polar surface area (TPSA) is 49.4 Å². The average Bonchev–Trinajstić information content (AvgIpc) is 2.63. The summed E-state index contributed by atoms with van der Waals surface area (Å²) in [7, 11) is 0. The Hall–Kier alpha value is -1.68. The fourth-order valence-electron chi connectivity index (χ4n) is 3.31. The second-order valence-corrected chi connectivity index (χ2v) is 5.44. The highest BCUT2D eigenvalue weighted by atomic mass is 16.2. The molecule has 2 heterocycles. The minimum Gasteiger partial charge on any atom is -0.317 e. The molecule has 1 amide bonds. The highest BCUT2D eigenvalue weighted by Crippen LogP contribution is 2.46. The molecule has 4 nitrogen and oxygen atoms in total. The van der Waals surface area contributed by atoms with Gasteiger partial charge in [0.2, 0.25) is 5.91 Å². The zero-order valence-electron chi connectivity index (χ0n) is 11.1. The minimum absolute atomic E-state index is 0.0223. The van der Waals surface area contributed by atoms with Gasteiger partial charge in [-0.05, 0) is 44.5 Å². The zero-order valence-corrected chi connectivity index (χ0v) is 11.1. The van der Waals surface area contributed by atoms with Crippen LogP contribution in [0, 0.1) is 0 Å². The first kappa shape index (κ1) is 12.4. The van der Waals surface area contributed by atoms with Gasteiger partial charge in [-0.1, -0.05) is 18.2 Å². The maximum Gasteiger partial charge on any atom is 0.238 e. The quantitative estimate of drug-likeness (QED) is 0.868. The third-order valence-corrected chi connectivity index (χ3v) is 4.20. The zero-order chi connectivity index (χ0) is 13.5. The Bertz CT molecular complexity index is 533. The molecule has 4 heteroatoms. The van der Waals surface area contributed by atoms with Gasteiger partial charge in [-0.2, -0.15) is 0 Å². The first-order chi connectivity index (χ1) is 9.15. The van der Waals surface area contributed by atoms with E-state index >= 15 is 0 Å². The summed E-state index contributed by atoms with van der Waals surface area (Å²) < 4.78 is 0. The van der Waals surface area contributed by atoms with Crippen LogP contribution in [-0.4, -0.2) is 31.3 Å². The van der Waals surface area contributed by atoms with E-state index in [1.165, 1.54) is 6.92 Å². The molecule has 0 saturated carbocycles. The second kappa shape index (κ2) is 4.46. The van der Waals surface area contributed by atoms with E-state index in [2.05, 4.69) is 5.32 Å². The number of hydrogen-bond acceptors (Lipinski definition) is 3. The fourth-order valence-corrected chi connectivity index (χ4v) is 3.31. The number of para-hydroxylation sites is 1. The second-order valence-electron chi connectivity index (χ2n) is 5.44. The molecule has 0 aliphatic carbocycles. The number of nitrogens with one attached hydrogen (secondary N) is 1. The summed E-state index contributed by atoms with van der Waals surface area (Å²) in [6.45, 7) is 3.43. The highest BCUT2D eigenvalue weighted by Gasteiger charge is 2.50. The van der Waals surface area contributed by atoms with E-state index in [1.807, 2.05) is 24.3 Å². The number of carbonyl (C=O) groups is 2. The summed E-state index contributed by atoms with van der Waals surface area (Å²) in [5.41, 5.74) is 1.62. The van der Waals surface area contributed by atoms with Gasteiger partial charge < -0.3 is 10.2 Å². The van der Waals surface area contributed by atoms with Crippen LogP contribution in [0.4, 0.5) is 5.69 Å². The summed E-state index contributed by atoms with van der Waals surface area (Å²) in [5, 5.41) is 3.31. The number of amides is 1. The van der Waals surface area contributed by atoms with Gasteiger partial charge in [0, 0.05) is 5.69 Å². The summed E-state index contributed by atoms with van der Waals surface area (Å²) in [6.07, 6.45) is 1.63. The Kier molecular flexibility index (Phi) is 2.90. The molecule has 2 aliphatic heterocycles. The fraction of sp³-hybridized carbons (Fsp3) is 0.467. The monoisotopic (exact) mass is 258 g/mol. The summed E-state index contributed by atoms with van der Waals surface area (Å²) in [4.78, 5) is 25.9. The van der Waals surface area contributed by atoms with E-state index in [9.17, 15) is 9.59 Å². The number of fused-ring (bicyclic) bond motifs is 2. The van der Waals surface area contributed by atoms with E-state index in [1.54, 1.807) is 4.90 Å². The molecule has 0 unspecified atom stereocenters. The van der Waals surface area contributed by atoms with E-state index < -0.39 is 5.41 Å². The first-order valence-corrected chi connectivity index (χ1v) is 6.77. The Morgan fingerprint density at radius 2 is 2.00 bits per heavy atom. The normalized spacial score (nSPS) is 20.7. The van der Waals surface area contributed by atoms with Crippen molar-refractivity contribution in [2.75, 3.05) is 24.5 Å². The van der Waals surface area contributed by atoms with Crippen molar-refractivity contribution >= 4 is 17.4 Å². The number of benzene rings is 1. The van der Waals surface area contributed by atoms with Crippen molar-refractivity contribution in [2.24, 2.45) is 0 Å². The third kappa shape index (κ3) is 1.78. The Morgan fingerprint density at radius 3 is 2.68 bits per heavy atom. The van der Waals surface area contributed by atoms with Crippen molar-refractivity contribution in [3.63, 3.8) is 0 Å². The van der Waals surface area contributed by atoms with Crippen molar-refractivity contribution in [3.05, 3.63) is 29.8 Å². The maximum absolute atomic E-state index is 12.8. The van der Waals surface area contributed by atoms with E-state index in [4.69, 9.17) is 0 Å². The van der Waals surface area contributed by atoms with Crippen molar-refractivity contribution in [2.45, 2.75) is 25.2 Å². The van der Waals surface area contributed by atoms with Gasteiger partial charge in [0.1, 0.15) is 5.78 Å². The molecule has 19 heavy (non-hydrogen) atoms. The summed E-state index contributed by atoms with van der Waals surface area (Å²) >= 11 is 0. The minimum atomic E-state index is -0.405. The number of carbonyl (C=O) groups excluding carboxylic acids is 2. The van der Waals surface area contributed by atoms with Gasteiger partial charge in [-0.15, -0.1) is 0 Å². The maximum atomic E-state index is 12.8. The number of piperidine rings is 1. The Balaban J connectivity index is 2.08. The lowest BCUT2D eigenvalue weighted by atomic mass is 9.74. The van der Waals surface area contributed by atoms with Crippen molar-refractivity contribution in [1.29, 1.82) is 0 Å². The van der Waals surface area contributed by atoms with Gasteiger partial charge >= 0.3 is 0 Å². The van der Waals surface area contributed by atoms with E-state index in [0.29, 0.717) is 0 Å². The van der Waals surface area contributed by atoms with Crippen molar-refractivity contribution in [1.82, 2.24) is 5.32 Å². The number of Topliss-reactive ketones (excluding diaryl/α,β-unsaturated/α-hetero) is 1. The molecule has 1 aromatic carbocycles. The molecular weight excluding hydrogens is 240 g/mol. The third-order valence-electron chi connectivity index (χ3n) is 4.20. The Morgan fingerprint density at radius 1 is 1.32 bits per heavy atom. The largest absolute Gasteiger partial charge is 0.317 e. The van der Waals surface area contributed by atoms with Crippen LogP contribution in [0.2, 0.25) is 0 Å². The molecule has 1 fully saturated rings. The van der Waals surface area contributed by atoms with Gasteiger partial charge in [0.05, 0.1) is 12.0 Å². The number of nitrogens with zero attached hydrogens (tertiary/aromatic N) is 1. The van der Waals surface area contributed by atoms with Crippen LogP contribution in [0.1, 0.15) is 25.3 Å². The molecule has 0 bridgehead atoms. The molecule has 1 saturated heterocycles. The molecule has 0 aromatic heterocycles. The summed E-state index contributed by atoms with van der Waals surface area (Å²) in [6, 6.07) is 7.90. The lowest BCUT2D eigenvalue weighted by Crippen LogP contribution is -2.48. The van der Waals surface area contributed by atoms with E-state index in [-0.39, 0.29) is 18.2 Å². The molecular formula is C15H18N2O2. The van der Waals surface area contributed by atoms with Crippen LogP contribution in [-0.2, 0) is 15.0 Å². The molecule has 2 aliphatic rings. The van der Waals surface area contributed by atoms with Gasteiger partial charge in [-0.3, -0.25) is 9.59 Å². The smallest absolute Gasteiger partial charge is 0.238 e. The van der Waals surface area contributed by atoms with Gasteiger partial charge in [0.25, 0.3) is 0 Å².